The molecule has 8 heteroatoms. The van der Waals surface area contributed by atoms with Crippen LogP contribution in [-0.2, 0) is 19.0 Å². The monoisotopic (exact) mass is 444 g/mol. The van der Waals surface area contributed by atoms with E-state index in [1.165, 1.54) is 23.5 Å². The van der Waals surface area contributed by atoms with Crippen LogP contribution in [-0.4, -0.2) is 11.8 Å². The number of nitrogens with one attached hydrogen (secondary N) is 2. The molecular formula is C23H19F3N2O2S. The standard InChI is InChI=1S/C23H19F3N2O2S/c24-23(25,26)15-9-6-10-16(13-15)27-21(30)19-17-11-4-5-12-18(17)31-22(19)28-20(29)14-7-2-1-3-8-14/h1-3,6-10,13H,4-5,11-12H2,(H,27,30)(H,28,29). The van der Waals surface area contributed by atoms with Gasteiger partial charge in [-0.3, -0.25) is 9.59 Å². The highest BCUT2D eigenvalue weighted by Gasteiger charge is 2.31. The summed E-state index contributed by atoms with van der Waals surface area (Å²) in [4.78, 5) is 26.8. The lowest BCUT2D eigenvalue weighted by molar-refractivity contribution is -0.137. The number of carbonyl (C=O) groups excluding carboxylic acids is 2. The number of benzene rings is 2. The van der Waals surface area contributed by atoms with E-state index < -0.39 is 17.6 Å². The highest BCUT2D eigenvalue weighted by molar-refractivity contribution is 7.17. The van der Waals surface area contributed by atoms with Gasteiger partial charge in [0.15, 0.2) is 0 Å². The summed E-state index contributed by atoms with van der Waals surface area (Å²) < 4.78 is 39.0. The number of carbonyl (C=O) groups is 2. The smallest absolute Gasteiger partial charge is 0.322 e. The predicted molar refractivity (Wildman–Crippen MR) is 115 cm³/mol. The Morgan fingerprint density at radius 3 is 2.35 bits per heavy atom. The molecule has 0 unspecified atom stereocenters. The van der Waals surface area contributed by atoms with E-state index in [4.69, 9.17) is 0 Å². The molecule has 0 atom stereocenters. The second-order valence-electron chi connectivity index (χ2n) is 7.27. The van der Waals surface area contributed by atoms with Crippen LogP contribution in [0.25, 0.3) is 0 Å². The number of aryl methyl sites for hydroxylation is 1. The quantitative estimate of drug-likeness (QED) is 0.507. The van der Waals surface area contributed by atoms with E-state index in [0.717, 1.165) is 41.8 Å². The highest BCUT2D eigenvalue weighted by atomic mass is 32.1. The first-order valence-corrected chi connectivity index (χ1v) is 10.6. The summed E-state index contributed by atoms with van der Waals surface area (Å²) in [5.41, 5.74) is 0.870. The fourth-order valence-corrected chi connectivity index (χ4v) is 4.91. The zero-order valence-electron chi connectivity index (χ0n) is 16.4. The van der Waals surface area contributed by atoms with E-state index in [1.807, 2.05) is 0 Å². The lowest BCUT2D eigenvalue weighted by Gasteiger charge is -2.14. The summed E-state index contributed by atoms with van der Waals surface area (Å²) in [6, 6.07) is 13.1. The average molecular weight is 444 g/mol. The third kappa shape index (κ3) is 4.64. The molecule has 2 amide bonds. The molecule has 0 radical (unpaired) electrons. The van der Waals surface area contributed by atoms with Crippen molar-refractivity contribution >= 4 is 33.8 Å². The highest BCUT2D eigenvalue weighted by Crippen LogP contribution is 2.39. The number of fused-ring (bicyclic) bond motifs is 1. The number of rotatable bonds is 4. The van der Waals surface area contributed by atoms with Crippen LogP contribution in [0.5, 0.6) is 0 Å². The molecule has 0 fully saturated rings. The van der Waals surface area contributed by atoms with Crippen LogP contribution in [0.2, 0.25) is 0 Å². The number of halogens is 3. The molecule has 160 valence electrons. The van der Waals surface area contributed by atoms with Gasteiger partial charge in [-0.25, -0.2) is 0 Å². The van der Waals surface area contributed by atoms with Crippen LogP contribution >= 0.6 is 11.3 Å². The van der Waals surface area contributed by atoms with E-state index in [-0.39, 0.29) is 11.6 Å². The Labute approximate surface area is 181 Å². The lowest BCUT2D eigenvalue weighted by Crippen LogP contribution is -2.19. The molecule has 0 aliphatic heterocycles. The molecule has 0 saturated heterocycles. The molecule has 1 aliphatic carbocycles. The van der Waals surface area contributed by atoms with Crippen LogP contribution in [0.3, 0.4) is 0 Å². The number of hydrogen-bond acceptors (Lipinski definition) is 3. The molecular weight excluding hydrogens is 425 g/mol. The van der Waals surface area contributed by atoms with E-state index in [1.54, 1.807) is 30.3 Å². The fourth-order valence-electron chi connectivity index (χ4n) is 3.63. The molecule has 1 aromatic heterocycles. The first-order valence-electron chi connectivity index (χ1n) is 9.82. The van der Waals surface area contributed by atoms with Crippen molar-refractivity contribution in [2.75, 3.05) is 10.6 Å². The van der Waals surface area contributed by atoms with E-state index in [0.29, 0.717) is 22.5 Å². The molecule has 1 heterocycles. The van der Waals surface area contributed by atoms with Crippen molar-refractivity contribution in [2.24, 2.45) is 0 Å². The largest absolute Gasteiger partial charge is 0.416 e. The van der Waals surface area contributed by atoms with Crippen LogP contribution in [0.15, 0.2) is 54.6 Å². The van der Waals surface area contributed by atoms with E-state index in [9.17, 15) is 22.8 Å². The molecule has 4 nitrogen and oxygen atoms in total. The first kappa shape index (κ1) is 21.1. The van der Waals surface area contributed by atoms with Crippen molar-refractivity contribution in [3.63, 3.8) is 0 Å². The van der Waals surface area contributed by atoms with Gasteiger partial charge in [0.05, 0.1) is 11.1 Å². The molecule has 1 aliphatic rings. The van der Waals surface area contributed by atoms with Gasteiger partial charge in [0.2, 0.25) is 0 Å². The third-order valence-corrected chi connectivity index (χ3v) is 6.32. The molecule has 0 spiro atoms. The van der Waals surface area contributed by atoms with Gasteiger partial charge in [0, 0.05) is 16.1 Å². The van der Waals surface area contributed by atoms with Gasteiger partial charge in [-0.2, -0.15) is 13.2 Å². The normalized spacial score (nSPS) is 13.4. The van der Waals surface area contributed by atoms with Crippen molar-refractivity contribution in [2.45, 2.75) is 31.9 Å². The molecule has 2 aromatic carbocycles. The van der Waals surface area contributed by atoms with Crippen molar-refractivity contribution in [3.05, 3.63) is 81.7 Å². The van der Waals surface area contributed by atoms with Crippen LogP contribution < -0.4 is 10.6 Å². The number of amides is 2. The van der Waals surface area contributed by atoms with Gasteiger partial charge in [0.25, 0.3) is 11.8 Å². The van der Waals surface area contributed by atoms with Crippen molar-refractivity contribution in [1.82, 2.24) is 0 Å². The van der Waals surface area contributed by atoms with E-state index >= 15 is 0 Å². The second-order valence-corrected chi connectivity index (χ2v) is 8.37. The Morgan fingerprint density at radius 2 is 1.61 bits per heavy atom. The Bertz CT molecular complexity index is 1120. The SMILES string of the molecule is O=C(Nc1sc2c(c1C(=O)Nc1cccc(C(F)(F)F)c1)CCCC2)c1ccccc1. The number of hydrogen-bond donors (Lipinski definition) is 2. The average Bonchev–Trinajstić information content (AvgIpc) is 3.12. The number of thiophene rings is 1. The maximum Gasteiger partial charge on any atom is 0.416 e. The molecule has 0 bridgehead atoms. The summed E-state index contributed by atoms with van der Waals surface area (Å²) in [6.45, 7) is 0. The maximum absolute atomic E-state index is 13.1. The van der Waals surface area contributed by atoms with Crippen molar-refractivity contribution in [1.29, 1.82) is 0 Å². The minimum atomic E-state index is -4.50. The number of alkyl halides is 3. The molecule has 4 rings (SSSR count). The summed E-state index contributed by atoms with van der Waals surface area (Å²) in [5, 5.41) is 5.82. The fraction of sp³-hybridized carbons (Fsp3) is 0.217. The van der Waals surface area contributed by atoms with Crippen LogP contribution in [0.4, 0.5) is 23.9 Å². The van der Waals surface area contributed by atoms with Gasteiger partial charge in [-0.05, 0) is 61.6 Å². The zero-order valence-corrected chi connectivity index (χ0v) is 17.2. The summed E-state index contributed by atoms with van der Waals surface area (Å²) >= 11 is 1.36. The summed E-state index contributed by atoms with van der Waals surface area (Å²) in [7, 11) is 0. The minimum Gasteiger partial charge on any atom is -0.322 e. The van der Waals surface area contributed by atoms with E-state index in [2.05, 4.69) is 10.6 Å². The van der Waals surface area contributed by atoms with Gasteiger partial charge in [0.1, 0.15) is 5.00 Å². The van der Waals surface area contributed by atoms with Crippen LogP contribution in [0, 0.1) is 0 Å². The van der Waals surface area contributed by atoms with Gasteiger partial charge < -0.3 is 10.6 Å². The minimum absolute atomic E-state index is 0.0518. The zero-order chi connectivity index (χ0) is 22.0. The van der Waals surface area contributed by atoms with Crippen LogP contribution in [0.1, 0.15) is 49.6 Å². The Hall–Kier alpha value is -3.13. The van der Waals surface area contributed by atoms with Gasteiger partial charge >= 0.3 is 6.18 Å². The third-order valence-electron chi connectivity index (χ3n) is 5.11. The second kappa shape index (κ2) is 8.55. The first-order chi connectivity index (χ1) is 14.8. The maximum atomic E-state index is 13.1. The van der Waals surface area contributed by atoms with Gasteiger partial charge in [-0.1, -0.05) is 24.3 Å². The predicted octanol–water partition coefficient (Wildman–Crippen LogP) is 6.15. The molecule has 0 saturated carbocycles. The molecule has 31 heavy (non-hydrogen) atoms. The Kier molecular flexibility index (Phi) is 5.82. The summed E-state index contributed by atoms with van der Waals surface area (Å²) in [6.07, 6.45) is -1.09. The molecule has 2 N–H and O–H groups in total. The Morgan fingerprint density at radius 1 is 0.871 bits per heavy atom. The topological polar surface area (TPSA) is 58.2 Å². The Balaban J connectivity index is 1.64. The van der Waals surface area contributed by atoms with Gasteiger partial charge in [-0.15, -0.1) is 11.3 Å². The van der Waals surface area contributed by atoms with Crippen molar-refractivity contribution < 1.29 is 22.8 Å². The number of anilines is 2. The lowest BCUT2D eigenvalue weighted by atomic mass is 9.95. The van der Waals surface area contributed by atoms with Crippen molar-refractivity contribution in [3.8, 4) is 0 Å². The molecule has 3 aromatic rings. The summed E-state index contributed by atoms with van der Waals surface area (Å²) in [5.74, 6) is -0.866.